The molecule has 0 spiro atoms. The second-order valence-corrected chi connectivity index (χ2v) is 8.28. The molecule has 0 aliphatic rings. The average Bonchev–Trinajstić information content (AvgIpc) is 3.06. The van der Waals surface area contributed by atoms with Crippen LogP contribution in [0.4, 0.5) is 21.6 Å². The van der Waals surface area contributed by atoms with Crippen molar-refractivity contribution >= 4 is 27.2 Å². The monoisotopic (exact) mass is 459 g/mol. The van der Waals surface area contributed by atoms with Gasteiger partial charge in [0, 0.05) is 12.6 Å². The fourth-order valence-electron chi connectivity index (χ4n) is 3.02. The van der Waals surface area contributed by atoms with Crippen molar-refractivity contribution in [1.82, 2.24) is 9.78 Å². The van der Waals surface area contributed by atoms with Gasteiger partial charge >= 0.3 is 0 Å². The molecule has 1 aromatic heterocycles. The fourth-order valence-corrected chi connectivity index (χ4v) is 3.56. The SMILES string of the molecule is N#Cc1c(CCCNc2ccc(S(N)(=O)=O)cc2[N+](=O)[O-])nn(-c2ccc(F)cc2)c1N. The summed E-state index contributed by atoms with van der Waals surface area (Å²) in [5, 5.41) is 32.9. The molecule has 32 heavy (non-hydrogen) atoms. The highest BCUT2D eigenvalue weighted by Crippen LogP contribution is 2.27. The first-order chi connectivity index (χ1) is 15.1. The molecule has 0 unspecified atom stereocenters. The van der Waals surface area contributed by atoms with Crippen molar-refractivity contribution in [3.05, 3.63) is 69.7 Å². The number of nitro groups is 1. The van der Waals surface area contributed by atoms with Crippen molar-refractivity contribution in [3.63, 3.8) is 0 Å². The Hall–Kier alpha value is -4.02. The molecule has 0 radical (unpaired) electrons. The number of nitriles is 1. The summed E-state index contributed by atoms with van der Waals surface area (Å²) in [6, 6.07) is 10.8. The maximum atomic E-state index is 13.2. The van der Waals surface area contributed by atoms with Gasteiger partial charge in [-0.05, 0) is 49.2 Å². The van der Waals surface area contributed by atoms with Gasteiger partial charge in [-0.2, -0.15) is 10.4 Å². The van der Waals surface area contributed by atoms with Crippen molar-refractivity contribution in [2.75, 3.05) is 17.6 Å². The first-order valence-electron chi connectivity index (χ1n) is 9.20. The van der Waals surface area contributed by atoms with Crippen LogP contribution in [0.15, 0.2) is 47.4 Å². The number of nitrogens with two attached hydrogens (primary N) is 2. The zero-order valence-electron chi connectivity index (χ0n) is 16.5. The highest BCUT2D eigenvalue weighted by molar-refractivity contribution is 7.89. The molecule has 0 atom stereocenters. The van der Waals surface area contributed by atoms with Crippen LogP contribution in [0.2, 0.25) is 0 Å². The standard InChI is InChI=1S/C19H18FN7O4S/c20-12-3-5-13(6-4-12)26-19(22)15(11-21)16(25-26)2-1-9-24-17-8-7-14(32(23,30)31)10-18(17)27(28)29/h3-8,10,24H,1-2,9,22H2,(H2,23,30,31). The highest BCUT2D eigenvalue weighted by atomic mass is 32.2. The molecule has 0 bridgehead atoms. The van der Waals surface area contributed by atoms with Gasteiger partial charge in [0.15, 0.2) is 0 Å². The van der Waals surface area contributed by atoms with Gasteiger partial charge in [-0.3, -0.25) is 10.1 Å². The maximum Gasteiger partial charge on any atom is 0.293 e. The van der Waals surface area contributed by atoms with Crippen molar-refractivity contribution in [2.24, 2.45) is 5.14 Å². The molecule has 0 saturated carbocycles. The molecule has 2 aromatic carbocycles. The molecule has 0 aliphatic carbocycles. The number of sulfonamides is 1. The van der Waals surface area contributed by atoms with Crippen LogP contribution < -0.4 is 16.2 Å². The number of nitrogen functional groups attached to an aromatic ring is 1. The lowest BCUT2D eigenvalue weighted by atomic mass is 10.1. The first-order valence-corrected chi connectivity index (χ1v) is 10.7. The van der Waals surface area contributed by atoms with Gasteiger partial charge in [-0.15, -0.1) is 0 Å². The number of hydrogen-bond acceptors (Lipinski definition) is 8. The van der Waals surface area contributed by atoms with Crippen LogP contribution in [0.3, 0.4) is 0 Å². The van der Waals surface area contributed by atoms with E-state index in [9.17, 15) is 28.2 Å². The third-order valence-electron chi connectivity index (χ3n) is 4.58. The van der Waals surface area contributed by atoms with Crippen LogP contribution in [-0.2, 0) is 16.4 Å². The molecule has 11 nitrogen and oxygen atoms in total. The predicted molar refractivity (Wildman–Crippen MR) is 114 cm³/mol. The van der Waals surface area contributed by atoms with Gasteiger partial charge in [0.05, 0.1) is 21.2 Å². The summed E-state index contributed by atoms with van der Waals surface area (Å²) in [7, 11) is -4.08. The Labute approximate surface area is 182 Å². The Morgan fingerprint density at radius 3 is 2.53 bits per heavy atom. The summed E-state index contributed by atoms with van der Waals surface area (Å²) >= 11 is 0. The van der Waals surface area contributed by atoms with Crippen molar-refractivity contribution in [1.29, 1.82) is 5.26 Å². The van der Waals surface area contributed by atoms with E-state index in [1.165, 1.54) is 41.1 Å². The molecule has 13 heteroatoms. The van der Waals surface area contributed by atoms with E-state index in [1.54, 1.807) is 0 Å². The fraction of sp³-hybridized carbons (Fsp3) is 0.158. The molecule has 0 fully saturated rings. The third kappa shape index (κ3) is 4.82. The van der Waals surface area contributed by atoms with E-state index in [1.807, 2.05) is 6.07 Å². The number of rotatable bonds is 8. The van der Waals surface area contributed by atoms with Crippen molar-refractivity contribution in [2.45, 2.75) is 17.7 Å². The average molecular weight is 459 g/mol. The minimum Gasteiger partial charge on any atom is -0.382 e. The molecule has 3 aromatic rings. The third-order valence-corrected chi connectivity index (χ3v) is 5.49. The van der Waals surface area contributed by atoms with Crippen molar-refractivity contribution < 1.29 is 17.7 Å². The van der Waals surface area contributed by atoms with Crippen LogP contribution in [0.25, 0.3) is 5.69 Å². The number of aromatic nitrogens is 2. The highest BCUT2D eigenvalue weighted by Gasteiger charge is 2.19. The number of hydrogen-bond donors (Lipinski definition) is 3. The van der Waals surface area contributed by atoms with Crippen molar-refractivity contribution in [3.8, 4) is 11.8 Å². The molecule has 1 heterocycles. The number of aryl methyl sites for hydroxylation is 1. The van der Waals surface area contributed by atoms with Gasteiger partial charge in [0.2, 0.25) is 10.0 Å². The van der Waals surface area contributed by atoms with Gasteiger partial charge in [-0.1, -0.05) is 0 Å². The number of anilines is 2. The Morgan fingerprint density at radius 2 is 1.94 bits per heavy atom. The number of benzene rings is 2. The molecular weight excluding hydrogens is 441 g/mol. The Kier molecular flexibility index (Phi) is 6.37. The topological polar surface area (TPSA) is 183 Å². The lowest BCUT2D eigenvalue weighted by Crippen LogP contribution is -2.13. The van der Waals surface area contributed by atoms with Gasteiger partial charge in [0.1, 0.15) is 29.0 Å². The molecule has 5 N–H and O–H groups in total. The molecule has 0 aliphatic heterocycles. The lowest BCUT2D eigenvalue weighted by molar-refractivity contribution is -0.384. The Morgan fingerprint density at radius 1 is 1.25 bits per heavy atom. The second-order valence-electron chi connectivity index (χ2n) is 6.72. The van der Waals surface area contributed by atoms with E-state index in [2.05, 4.69) is 10.4 Å². The summed E-state index contributed by atoms with van der Waals surface area (Å²) in [4.78, 5) is 10.2. The van der Waals surface area contributed by atoms with E-state index in [4.69, 9.17) is 10.9 Å². The number of nitrogens with zero attached hydrogens (tertiary/aromatic N) is 4. The maximum absolute atomic E-state index is 13.2. The molecule has 166 valence electrons. The second kappa shape index (κ2) is 9.00. The normalized spacial score (nSPS) is 11.2. The molecule has 0 saturated heterocycles. The van der Waals surface area contributed by atoms with Gasteiger partial charge < -0.3 is 11.1 Å². The number of nitro benzene ring substituents is 1. The quantitative estimate of drug-likeness (QED) is 0.260. The van der Waals surface area contributed by atoms with Gasteiger partial charge in [-0.25, -0.2) is 22.6 Å². The summed E-state index contributed by atoms with van der Waals surface area (Å²) in [5.74, 6) is -0.297. The summed E-state index contributed by atoms with van der Waals surface area (Å²) in [5.41, 5.74) is 6.82. The predicted octanol–water partition coefficient (Wildman–Crippen LogP) is 2.07. The minimum absolute atomic E-state index is 0.122. The van der Waals surface area contributed by atoms with Crippen LogP contribution in [0, 0.1) is 27.3 Å². The van der Waals surface area contributed by atoms with E-state index in [-0.39, 0.29) is 28.5 Å². The zero-order chi connectivity index (χ0) is 23.5. The van der Waals surface area contributed by atoms with Crippen LogP contribution in [-0.4, -0.2) is 29.7 Å². The molecule has 0 amide bonds. The Bertz CT molecular complexity index is 1310. The van der Waals surface area contributed by atoms with E-state index >= 15 is 0 Å². The number of halogens is 1. The molecular formula is C19H18FN7O4S. The van der Waals surface area contributed by atoms with E-state index in [0.717, 1.165) is 6.07 Å². The summed E-state index contributed by atoms with van der Waals surface area (Å²) in [6.07, 6.45) is 0.764. The first kappa shape index (κ1) is 22.7. The number of nitrogens with one attached hydrogen (secondary N) is 1. The summed E-state index contributed by atoms with van der Waals surface area (Å²) < 4.78 is 37.3. The lowest BCUT2D eigenvalue weighted by Gasteiger charge is -2.08. The van der Waals surface area contributed by atoms with Crippen LogP contribution >= 0.6 is 0 Å². The smallest absolute Gasteiger partial charge is 0.293 e. The van der Waals surface area contributed by atoms with Gasteiger partial charge in [0.25, 0.3) is 5.69 Å². The van der Waals surface area contributed by atoms with Crippen LogP contribution in [0.1, 0.15) is 17.7 Å². The summed E-state index contributed by atoms with van der Waals surface area (Å²) in [6.45, 7) is 0.268. The zero-order valence-corrected chi connectivity index (χ0v) is 17.3. The van der Waals surface area contributed by atoms with E-state index in [0.29, 0.717) is 24.2 Å². The van der Waals surface area contributed by atoms with E-state index < -0.39 is 26.5 Å². The number of primary sulfonamides is 1. The largest absolute Gasteiger partial charge is 0.382 e. The minimum atomic E-state index is -4.08. The molecule has 3 rings (SSSR count). The van der Waals surface area contributed by atoms with Crippen LogP contribution in [0.5, 0.6) is 0 Å². The Balaban J connectivity index is 1.72.